The molecule has 228 valence electrons. The smallest absolute Gasteiger partial charge is 0.329 e. The zero-order valence-electron chi connectivity index (χ0n) is 24.8. The lowest BCUT2D eigenvalue weighted by Crippen LogP contribution is -2.42. The first-order valence-corrected chi connectivity index (χ1v) is 16.3. The van der Waals surface area contributed by atoms with E-state index in [1.54, 1.807) is 9.47 Å². The fraction of sp³-hybridized carbons (Fsp3) is 0.621. The quantitative estimate of drug-likeness (QED) is 0.272. The molecule has 12 heteroatoms. The molecule has 1 unspecified atom stereocenters. The highest BCUT2D eigenvalue weighted by Crippen LogP contribution is 2.30. The van der Waals surface area contributed by atoms with E-state index in [9.17, 15) is 22.8 Å². The maximum atomic E-state index is 14.1. The molecule has 0 bridgehead atoms. The SMILES string of the molecule is CCCNCCNC(=O)c1c(-c2ccccc2)n(C2CCCN(C(C)=O)C2)c(=O)n1CCCNS(=O)(=O)CC(C)C. The first-order chi connectivity index (χ1) is 19.6. The van der Waals surface area contributed by atoms with Crippen LogP contribution >= 0.6 is 0 Å². The Balaban J connectivity index is 2.02. The minimum atomic E-state index is -3.44. The van der Waals surface area contributed by atoms with Crippen molar-refractivity contribution in [3.8, 4) is 11.3 Å². The second-order valence-corrected chi connectivity index (χ2v) is 12.9. The maximum Gasteiger partial charge on any atom is 0.329 e. The van der Waals surface area contributed by atoms with Crippen molar-refractivity contribution in [1.82, 2.24) is 29.4 Å². The summed E-state index contributed by atoms with van der Waals surface area (Å²) in [6.45, 7) is 10.4. The Kier molecular flexibility index (Phi) is 12.2. The highest BCUT2D eigenvalue weighted by Gasteiger charge is 2.32. The molecule has 1 aliphatic heterocycles. The topological polar surface area (TPSA) is 135 Å². The largest absolute Gasteiger partial charge is 0.349 e. The van der Waals surface area contributed by atoms with Crippen molar-refractivity contribution >= 4 is 21.8 Å². The van der Waals surface area contributed by atoms with E-state index in [-0.39, 0.29) is 54.0 Å². The van der Waals surface area contributed by atoms with E-state index in [0.29, 0.717) is 44.7 Å². The average molecular weight is 591 g/mol. The Bertz CT molecular complexity index is 1320. The van der Waals surface area contributed by atoms with Gasteiger partial charge in [0.2, 0.25) is 15.9 Å². The summed E-state index contributed by atoms with van der Waals surface area (Å²) in [4.78, 5) is 41.8. The molecule has 2 heterocycles. The Morgan fingerprint density at radius 1 is 1.07 bits per heavy atom. The number of sulfonamides is 1. The molecule has 1 atom stereocenters. The molecule has 0 saturated carbocycles. The van der Waals surface area contributed by atoms with Gasteiger partial charge in [-0.1, -0.05) is 51.1 Å². The van der Waals surface area contributed by atoms with E-state index < -0.39 is 10.0 Å². The second-order valence-electron chi connectivity index (χ2n) is 11.1. The molecular formula is C29H46N6O5S. The van der Waals surface area contributed by atoms with Crippen LogP contribution in [0, 0.1) is 5.92 Å². The Morgan fingerprint density at radius 3 is 2.46 bits per heavy atom. The van der Waals surface area contributed by atoms with Crippen molar-refractivity contribution in [3.63, 3.8) is 0 Å². The van der Waals surface area contributed by atoms with Crippen LogP contribution in [-0.4, -0.2) is 79.3 Å². The summed E-state index contributed by atoms with van der Waals surface area (Å²) in [5.41, 5.74) is 1.17. The summed E-state index contributed by atoms with van der Waals surface area (Å²) in [5, 5.41) is 6.23. The number of rotatable bonds is 15. The van der Waals surface area contributed by atoms with Crippen molar-refractivity contribution in [3.05, 3.63) is 46.5 Å². The Labute approximate surface area is 243 Å². The molecule has 1 aromatic heterocycles. The number of piperidine rings is 1. The number of carbonyl (C=O) groups is 2. The number of amides is 2. The van der Waals surface area contributed by atoms with E-state index in [1.165, 1.54) is 11.5 Å². The molecule has 2 amide bonds. The molecule has 41 heavy (non-hydrogen) atoms. The molecule has 1 aromatic carbocycles. The zero-order chi connectivity index (χ0) is 30.0. The third-order valence-electron chi connectivity index (χ3n) is 7.09. The number of hydrogen-bond donors (Lipinski definition) is 3. The number of carbonyl (C=O) groups excluding carboxylic acids is 2. The highest BCUT2D eigenvalue weighted by molar-refractivity contribution is 7.89. The van der Waals surface area contributed by atoms with Crippen LogP contribution in [0.1, 0.15) is 69.9 Å². The van der Waals surface area contributed by atoms with E-state index in [2.05, 4.69) is 22.3 Å². The molecule has 0 aliphatic carbocycles. The van der Waals surface area contributed by atoms with Gasteiger partial charge in [0.1, 0.15) is 5.69 Å². The van der Waals surface area contributed by atoms with Gasteiger partial charge in [0.25, 0.3) is 5.91 Å². The normalized spacial score (nSPS) is 15.8. The van der Waals surface area contributed by atoms with Crippen LogP contribution in [0.2, 0.25) is 0 Å². The van der Waals surface area contributed by atoms with Gasteiger partial charge in [0.15, 0.2) is 0 Å². The van der Waals surface area contributed by atoms with Gasteiger partial charge >= 0.3 is 5.69 Å². The standard InChI is InChI=1S/C29H46N6O5S/c1-5-14-30-16-17-31-28(37)27-26(24-11-7-6-8-12-24)35(25-13-9-18-33(20-25)23(4)36)29(38)34(27)19-10-15-32-41(39,40)21-22(2)3/h6-8,11-12,22,25,30,32H,5,9-10,13-21H2,1-4H3,(H,31,37). The van der Waals surface area contributed by atoms with Crippen molar-refractivity contribution in [2.45, 2.75) is 66.0 Å². The summed E-state index contributed by atoms with van der Waals surface area (Å²) in [6.07, 6.45) is 2.76. The number of nitrogens with one attached hydrogen (secondary N) is 3. The maximum absolute atomic E-state index is 14.1. The number of hydrogen-bond acceptors (Lipinski definition) is 6. The molecular weight excluding hydrogens is 544 g/mol. The van der Waals surface area contributed by atoms with Crippen LogP contribution in [0.4, 0.5) is 0 Å². The summed E-state index contributed by atoms with van der Waals surface area (Å²) in [5.74, 6) is -0.396. The first kappa shape index (κ1) is 32.6. The molecule has 0 radical (unpaired) electrons. The fourth-order valence-electron chi connectivity index (χ4n) is 5.28. The van der Waals surface area contributed by atoms with Gasteiger partial charge in [0, 0.05) is 51.8 Å². The van der Waals surface area contributed by atoms with Crippen molar-refractivity contribution < 1.29 is 18.0 Å². The van der Waals surface area contributed by atoms with Crippen LogP contribution in [0.25, 0.3) is 11.3 Å². The Morgan fingerprint density at radius 2 is 1.80 bits per heavy atom. The van der Waals surface area contributed by atoms with Gasteiger partial charge in [-0.25, -0.2) is 17.9 Å². The summed E-state index contributed by atoms with van der Waals surface area (Å²) < 4.78 is 30.4. The molecule has 3 N–H and O–H groups in total. The zero-order valence-corrected chi connectivity index (χ0v) is 25.6. The van der Waals surface area contributed by atoms with E-state index >= 15 is 0 Å². The molecule has 2 aromatic rings. The van der Waals surface area contributed by atoms with Crippen LogP contribution in [0.3, 0.4) is 0 Å². The minimum absolute atomic E-state index is 0.00948. The van der Waals surface area contributed by atoms with Crippen LogP contribution in [0.15, 0.2) is 35.1 Å². The fourth-order valence-corrected chi connectivity index (χ4v) is 6.73. The van der Waals surface area contributed by atoms with Gasteiger partial charge < -0.3 is 15.5 Å². The van der Waals surface area contributed by atoms with E-state index in [0.717, 1.165) is 24.9 Å². The summed E-state index contributed by atoms with van der Waals surface area (Å²) in [7, 11) is -3.44. The molecule has 1 aliphatic rings. The molecule has 1 fully saturated rings. The minimum Gasteiger partial charge on any atom is -0.349 e. The lowest BCUT2D eigenvalue weighted by molar-refractivity contribution is -0.130. The predicted octanol–water partition coefficient (Wildman–Crippen LogP) is 2.20. The molecule has 3 rings (SSSR count). The lowest BCUT2D eigenvalue weighted by Gasteiger charge is -2.33. The predicted molar refractivity (Wildman–Crippen MR) is 161 cm³/mol. The first-order valence-electron chi connectivity index (χ1n) is 14.7. The van der Waals surface area contributed by atoms with E-state index in [1.807, 2.05) is 44.2 Å². The third kappa shape index (κ3) is 9.01. The van der Waals surface area contributed by atoms with Gasteiger partial charge in [-0.3, -0.25) is 18.7 Å². The van der Waals surface area contributed by atoms with Crippen molar-refractivity contribution in [2.24, 2.45) is 5.92 Å². The van der Waals surface area contributed by atoms with Crippen LogP contribution in [-0.2, 0) is 21.4 Å². The van der Waals surface area contributed by atoms with Crippen LogP contribution in [0.5, 0.6) is 0 Å². The lowest BCUT2D eigenvalue weighted by atomic mass is 10.0. The van der Waals surface area contributed by atoms with Crippen molar-refractivity contribution in [2.75, 3.05) is 45.0 Å². The van der Waals surface area contributed by atoms with Gasteiger partial charge in [-0.15, -0.1) is 0 Å². The third-order valence-corrected chi connectivity index (χ3v) is 8.84. The second kappa shape index (κ2) is 15.3. The van der Waals surface area contributed by atoms with Gasteiger partial charge in [-0.05, 0) is 38.1 Å². The number of aromatic nitrogens is 2. The van der Waals surface area contributed by atoms with Gasteiger partial charge in [0.05, 0.1) is 17.5 Å². The Hall–Kier alpha value is -2.96. The van der Waals surface area contributed by atoms with E-state index in [4.69, 9.17) is 0 Å². The van der Waals surface area contributed by atoms with Gasteiger partial charge in [-0.2, -0.15) is 0 Å². The molecule has 1 saturated heterocycles. The van der Waals surface area contributed by atoms with Crippen LogP contribution < -0.4 is 21.0 Å². The summed E-state index contributed by atoms with van der Waals surface area (Å²) >= 11 is 0. The monoisotopic (exact) mass is 590 g/mol. The number of imidazole rings is 1. The molecule has 0 spiro atoms. The highest BCUT2D eigenvalue weighted by atomic mass is 32.2. The summed E-state index contributed by atoms with van der Waals surface area (Å²) in [6, 6.07) is 9.07. The number of likely N-dealkylation sites (tertiary alicyclic amines) is 1. The number of benzene rings is 1. The number of nitrogens with zero attached hydrogens (tertiary/aromatic N) is 3. The average Bonchev–Trinajstić information content (AvgIpc) is 3.22. The molecule has 11 nitrogen and oxygen atoms in total. The van der Waals surface area contributed by atoms with Crippen molar-refractivity contribution in [1.29, 1.82) is 0 Å².